The largest absolute Gasteiger partial charge is 0.435 e. The maximum absolute atomic E-state index is 13.5. The Morgan fingerprint density at radius 3 is 2.27 bits per heavy atom. The normalized spacial score (nSPS) is 12.2. The third-order valence-electron chi connectivity index (χ3n) is 3.95. The van der Waals surface area contributed by atoms with Crippen molar-refractivity contribution in [1.82, 2.24) is 5.32 Å². The number of hydrogen-bond donors (Lipinski definition) is 3. The highest BCUT2D eigenvalue weighted by Crippen LogP contribution is 2.27. The van der Waals surface area contributed by atoms with E-state index in [4.69, 9.17) is 5.41 Å². The summed E-state index contributed by atoms with van der Waals surface area (Å²) in [5, 5.41) is 12.5. The molecule has 0 bridgehead atoms. The van der Waals surface area contributed by atoms with Crippen LogP contribution in [0.15, 0.2) is 48.5 Å². The first-order valence-corrected chi connectivity index (χ1v) is 8.67. The van der Waals surface area contributed by atoms with Crippen LogP contribution in [0.5, 0.6) is 5.75 Å². The Hall–Kier alpha value is -3.43. The van der Waals surface area contributed by atoms with Crippen LogP contribution in [-0.2, 0) is 10.7 Å². The first kappa shape index (κ1) is 22.9. The fraction of sp³-hybridized carbons (Fsp3) is 0.250. The van der Waals surface area contributed by atoms with Crippen molar-refractivity contribution in [3.05, 3.63) is 59.7 Å². The molecule has 2 aromatic rings. The van der Waals surface area contributed by atoms with Gasteiger partial charge in [0, 0.05) is 29.4 Å². The summed E-state index contributed by atoms with van der Waals surface area (Å²) >= 11 is 0. The summed E-state index contributed by atoms with van der Waals surface area (Å²) in [7, 11) is 0. The summed E-state index contributed by atoms with van der Waals surface area (Å²) in [6, 6.07) is 8.43. The highest BCUT2D eigenvalue weighted by Gasteiger charge is 2.27. The average molecular weight is 425 g/mol. The van der Waals surface area contributed by atoms with Crippen molar-refractivity contribution in [2.75, 3.05) is 5.32 Å². The van der Waals surface area contributed by atoms with Gasteiger partial charge in [-0.05, 0) is 43.3 Å². The minimum Gasteiger partial charge on any atom is -0.435 e. The zero-order chi connectivity index (χ0) is 22.5. The monoisotopic (exact) mass is 425 g/mol. The van der Waals surface area contributed by atoms with Crippen molar-refractivity contribution in [2.24, 2.45) is 0 Å². The Balaban J connectivity index is 2.11. The van der Waals surface area contributed by atoms with E-state index in [0.717, 1.165) is 6.07 Å². The van der Waals surface area contributed by atoms with Gasteiger partial charge in [-0.3, -0.25) is 9.59 Å². The third-order valence-corrected chi connectivity index (χ3v) is 3.95. The standard InChI is InChI=1S/C20H19F4N3O3/c1-11(25)16(18(29)26-14-6-8-15(9-7-14)30-19(21)22)27-17(28)12-4-3-5-13(10-12)20(2,23)24/h3-10,16,19,25H,1-2H3,(H,26,29)(H,27,28). The third kappa shape index (κ3) is 6.29. The van der Waals surface area contributed by atoms with Crippen molar-refractivity contribution >= 4 is 23.2 Å². The lowest BCUT2D eigenvalue weighted by Crippen LogP contribution is -2.48. The van der Waals surface area contributed by atoms with Crippen LogP contribution in [0.25, 0.3) is 0 Å². The molecule has 0 saturated heterocycles. The molecular weight excluding hydrogens is 406 g/mol. The maximum atomic E-state index is 13.5. The maximum Gasteiger partial charge on any atom is 0.387 e. The Morgan fingerprint density at radius 2 is 1.73 bits per heavy atom. The predicted molar refractivity (Wildman–Crippen MR) is 102 cm³/mol. The molecule has 2 rings (SSSR count). The van der Waals surface area contributed by atoms with Gasteiger partial charge in [-0.2, -0.15) is 8.78 Å². The second-order valence-electron chi connectivity index (χ2n) is 6.45. The molecule has 0 radical (unpaired) electrons. The predicted octanol–water partition coefficient (Wildman–Crippen LogP) is 4.18. The topological polar surface area (TPSA) is 91.3 Å². The molecular formula is C20H19F4N3O3. The van der Waals surface area contributed by atoms with Crippen molar-refractivity contribution in [2.45, 2.75) is 32.4 Å². The number of carbonyl (C=O) groups excluding carboxylic acids is 2. The van der Waals surface area contributed by atoms with Gasteiger partial charge in [0.25, 0.3) is 17.7 Å². The number of benzene rings is 2. The Kier molecular flexibility index (Phi) is 7.14. The summed E-state index contributed by atoms with van der Waals surface area (Å²) in [5.41, 5.74) is -0.444. The Bertz CT molecular complexity index is 928. The molecule has 0 fully saturated rings. The lowest BCUT2D eigenvalue weighted by Gasteiger charge is -2.18. The number of halogens is 4. The fourth-order valence-corrected chi connectivity index (χ4v) is 2.45. The second-order valence-corrected chi connectivity index (χ2v) is 6.45. The molecule has 0 aliphatic carbocycles. The SMILES string of the molecule is CC(=N)C(NC(=O)c1cccc(C(C)(F)F)c1)C(=O)Nc1ccc(OC(F)F)cc1. The van der Waals surface area contributed by atoms with Gasteiger partial charge in [-0.15, -0.1) is 0 Å². The van der Waals surface area contributed by atoms with Crippen LogP contribution in [0.3, 0.4) is 0 Å². The molecule has 6 nitrogen and oxygen atoms in total. The van der Waals surface area contributed by atoms with E-state index in [1.54, 1.807) is 0 Å². The molecule has 0 aromatic heterocycles. The molecule has 0 heterocycles. The molecule has 160 valence electrons. The first-order chi connectivity index (χ1) is 14.0. The lowest BCUT2D eigenvalue weighted by molar-refractivity contribution is -0.116. The smallest absolute Gasteiger partial charge is 0.387 e. The van der Waals surface area contributed by atoms with E-state index < -0.39 is 30.4 Å². The van der Waals surface area contributed by atoms with Crippen LogP contribution in [0.1, 0.15) is 29.8 Å². The highest BCUT2D eigenvalue weighted by atomic mass is 19.3. The molecule has 1 atom stereocenters. The van der Waals surface area contributed by atoms with Gasteiger partial charge in [0.05, 0.1) is 0 Å². The van der Waals surface area contributed by atoms with Crippen LogP contribution in [0.2, 0.25) is 0 Å². The molecule has 1 unspecified atom stereocenters. The van der Waals surface area contributed by atoms with Crippen LogP contribution in [0.4, 0.5) is 23.2 Å². The summed E-state index contributed by atoms with van der Waals surface area (Å²) in [6.45, 7) is -1.00. The average Bonchev–Trinajstić information content (AvgIpc) is 2.66. The molecule has 0 aliphatic heterocycles. The summed E-state index contributed by atoms with van der Waals surface area (Å²) in [6.07, 6.45) is 0. The minimum absolute atomic E-state index is 0.0958. The van der Waals surface area contributed by atoms with Crippen molar-refractivity contribution < 1.29 is 31.9 Å². The summed E-state index contributed by atoms with van der Waals surface area (Å²) in [5.74, 6) is -4.84. The number of amides is 2. The van der Waals surface area contributed by atoms with Crippen LogP contribution in [0, 0.1) is 5.41 Å². The molecule has 0 spiro atoms. The Labute approximate surface area is 169 Å². The van der Waals surface area contributed by atoms with Gasteiger partial charge in [0.2, 0.25) is 0 Å². The fourth-order valence-electron chi connectivity index (χ4n) is 2.45. The van der Waals surface area contributed by atoms with Gasteiger partial charge in [0.15, 0.2) is 0 Å². The molecule has 30 heavy (non-hydrogen) atoms. The van der Waals surface area contributed by atoms with Crippen molar-refractivity contribution in [1.29, 1.82) is 5.41 Å². The molecule has 2 aromatic carbocycles. The number of alkyl halides is 4. The minimum atomic E-state index is -3.15. The van der Waals surface area contributed by atoms with Gasteiger partial charge in [-0.25, -0.2) is 8.78 Å². The summed E-state index contributed by atoms with van der Waals surface area (Å²) in [4.78, 5) is 24.9. The van der Waals surface area contributed by atoms with E-state index in [1.807, 2.05) is 0 Å². The molecule has 10 heteroatoms. The van der Waals surface area contributed by atoms with E-state index in [0.29, 0.717) is 6.92 Å². The van der Waals surface area contributed by atoms with Crippen LogP contribution in [-0.4, -0.2) is 30.2 Å². The van der Waals surface area contributed by atoms with E-state index in [2.05, 4.69) is 15.4 Å². The van der Waals surface area contributed by atoms with Crippen LogP contribution < -0.4 is 15.4 Å². The van der Waals surface area contributed by atoms with Gasteiger partial charge in [0.1, 0.15) is 11.8 Å². The zero-order valence-electron chi connectivity index (χ0n) is 16.0. The number of ether oxygens (including phenoxy) is 1. The second kappa shape index (κ2) is 9.38. The first-order valence-electron chi connectivity index (χ1n) is 8.67. The molecule has 0 saturated carbocycles. The molecule has 2 amide bonds. The quantitative estimate of drug-likeness (QED) is 0.438. The van der Waals surface area contributed by atoms with E-state index in [1.165, 1.54) is 49.4 Å². The number of nitrogens with one attached hydrogen (secondary N) is 3. The summed E-state index contributed by atoms with van der Waals surface area (Å²) < 4.78 is 55.5. The molecule has 0 aliphatic rings. The number of anilines is 1. The zero-order valence-corrected chi connectivity index (χ0v) is 16.0. The van der Waals surface area contributed by atoms with E-state index in [9.17, 15) is 27.2 Å². The number of hydrogen-bond acceptors (Lipinski definition) is 4. The van der Waals surface area contributed by atoms with Crippen LogP contribution >= 0.6 is 0 Å². The number of rotatable bonds is 8. The van der Waals surface area contributed by atoms with E-state index >= 15 is 0 Å². The molecule has 3 N–H and O–H groups in total. The lowest BCUT2D eigenvalue weighted by atomic mass is 10.1. The van der Waals surface area contributed by atoms with Crippen molar-refractivity contribution in [3.8, 4) is 5.75 Å². The highest BCUT2D eigenvalue weighted by molar-refractivity contribution is 6.14. The van der Waals surface area contributed by atoms with Gasteiger partial charge < -0.3 is 20.8 Å². The Morgan fingerprint density at radius 1 is 1.10 bits per heavy atom. The van der Waals surface area contributed by atoms with E-state index in [-0.39, 0.29) is 28.3 Å². The number of carbonyl (C=O) groups is 2. The van der Waals surface area contributed by atoms with Crippen molar-refractivity contribution in [3.63, 3.8) is 0 Å². The van der Waals surface area contributed by atoms with Gasteiger partial charge >= 0.3 is 6.61 Å². The van der Waals surface area contributed by atoms with Gasteiger partial charge in [-0.1, -0.05) is 12.1 Å².